The van der Waals surface area contributed by atoms with E-state index in [1.165, 1.54) is 29.7 Å². The standard InChI is InChI=1S/C18H21NO/c1-12-8-17(12)18-7-6-15(20-18)11-19-10-14-9-13-4-2-3-5-16(13)14/h2-7,12,14,17,19H,8-11H2,1H3. The van der Waals surface area contributed by atoms with Gasteiger partial charge in [0.2, 0.25) is 0 Å². The molecule has 1 N–H and O–H groups in total. The van der Waals surface area contributed by atoms with Gasteiger partial charge in [-0.2, -0.15) is 0 Å². The van der Waals surface area contributed by atoms with E-state index in [-0.39, 0.29) is 0 Å². The van der Waals surface area contributed by atoms with Crippen molar-refractivity contribution in [1.29, 1.82) is 0 Å². The Kier molecular flexibility index (Phi) is 2.92. The summed E-state index contributed by atoms with van der Waals surface area (Å²) in [6, 6.07) is 13.0. The van der Waals surface area contributed by atoms with Crippen molar-refractivity contribution in [3.63, 3.8) is 0 Å². The van der Waals surface area contributed by atoms with Crippen molar-refractivity contribution in [1.82, 2.24) is 5.32 Å². The second kappa shape index (κ2) is 4.78. The molecule has 1 saturated carbocycles. The quantitative estimate of drug-likeness (QED) is 0.890. The van der Waals surface area contributed by atoms with Crippen LogP contribution in [0, 0.1) is 5.92 Å². The molecular weight excluding hydrogens is 246 g/mol. The molecule has 1 heterocycles. The van der Waals surface area contributed by atoms with Gasteiger partial charge in [0.1, 0.15) is 11.5 Å². The van der Waals surface area contributed by atoms with E-state index in [1.807, 2.05) is 0 Å². The molecular formula is C18H21NO. The number of fused-ring (bicyclic) bond motifs is 1. The lowest BCUT2D eigenvalue weighted by molar-refractivity contribution is 0.433. The SMILES string of the molecule is CC1CC1c1ccc(CNCC2Cc3ccccc32)o1. The normalized spacial score (nSPS) is 26.9. The summed E-state index contributed by atoms with van der Waals surface area (Å²) in [5, 5.41) is 3.53. The predicted molar refractivity (Wildman–Crippen MR) is 79.8 cm³/mol. The Morgan fingerprint density at radius 1 is 1.20 bits per heavy atom. The number of benzene rings is 1. The monoisotopic (exact) mass is 267 g/mol. The van der Waals surface area contributed by atoms with E-state index < -0.39 is 0 Å². The van der Waals surface area contributed by atoms with Crippen molar-refractivity contribution in [3.05, 3.63) is 59.0 Å². The lowest BCUT2D eigenvalue weighted by atomic mass is 9.77. The first-order valence-corrected chi connectivity index (χ1v) is 7.68. The summed E-state index contributed by atoms with van der Waals surface area (Å²) in [6.07, 6.45) is 2.51. The molecule has 2 nitrogen and oxygen atoms in total. The molecule has 3 atom stereocenters. The molecule has 1 aromatic heterocycles. The van der Waals surface area contributed by atoms with Gasteiger partial charge in [0.15, 0.2) is 0 Å². The van der Waals surface area contributed by atoms with Crippen LogP contribution in [0.2, 0.25) is 0 Å². The second-order valence-corrected chi connectivity index (χ2v) is 6.35. The number of rotatable bonds is 5. The molecule has 2 aliphatic rings. The predicted octanol–water partition coefficient (Wildman–Crippen LogP) is 3.83. The van der Waals surface area contributed by atoms with Crippen LogP contribution >= 0.6 is 0 Å². The van der Waals surface area contributed by atoms with E-state index in [0.717, 1.165) is 24.8 Å². The Bertz CT molecular complexity index is 615. The van der Waals surface area contributed by atoms with Crippen molar-refractivity contribution >= 4 is 0 Å². The Labute approximate surface area is 120 Å². The van der Waals surface area contributed by atoms with Gasteiger partial charge in [0.05, 0.1) is 6.54 Å². The maximum atomic E-state index is 5.92. The summed E-state index contributed by atoms with van der Waals surface area (Å²) in [5.41, 5.74) is 3.04. The topological polar surface area (TPSA) is 25.2 Å². The molecule has 0 bridgehead atoms. The summed E-state index contributed by atoms with van der Waals surface area (Å²) >= 11 is 0. The molecule has 1 fully saturated rings. The summed E-state index contributed by atoms with van der Waals surface area (Å²) in [6.45, 7) is 4.19. The molecule has 0 radical (unpaired) electrons. The van der Waals surface area contributed by atoms with Crippen LogP contribution in [-0.4, -0.2) is 6.54 Å². The van der Waals surface area contributed by atoms with Crippen LogP contribution in [0.4, 0.5) is 0 Å². The molecule has 2 heteroatoms. The Morgan fingerprint density at radius 2 is 2.05 bits per heavy atom. The van der Waals surface area contributed by atoms with Gasteiger partial charge in [-0.1, -0.05) is 31.2 Å². The fourth-order valence-corrected chi connectivity index (χ4v) is 3.32. The van der Waals surface area contributed by atoms with Crippen LogP contribution in [0.3, 0.4) is 0 Å². The van der Waals surface area contributed by atoms with Crippen LogP contribution in [-0.2, 0) is 13.0 Å². The van der Waals surface area contributed by atoms with Crippen LogP contribution in [0.15, 0.2) is 40.8 Å². The molecule has 0 spiro atoms. The molecule has 1 aromatic carbocycles. The molecule has 0 amide bonds. The summed E-state index contributed by atoms with van der Waals surface area (Å²) < 4.78 is 5.92. The maximum absolute atomic E-state index is 5.92. The van der Waals surface area contributed by atoms with E-state index in [4.69, 9.17) is 4.42 Å². The van der Waals surface area contributed by atoms with Gasteiger partial charge < -0.3 is 9.73 Å². The van der Waals surface area contributed by atoms with Crippen LogP contribution in [0.25, 0.3) is 0 Å². The summed E-state index contributed by atoms with van der Waals surface area (Å²) in [5.74, 6) is 4.44. The summed E-state index contributed by atoms with van der Waals surface area (Å²) in [7, 11) is 0. The van der Waals surface area contributed by atoms with Gasteiger partial charge >= 0.3 is 0 Å². The van der Waals surface area contributed by atoms with Crippen molar-refractivity contribution in [2.75, 3.05) is 6.54 Å². The first-order chi connectivity index (χ1) is 9.81. The minimum Gasteiger partial charge on any atom is -0.464 e. The molecule has 20 heavy (non-hydrogen) atoms. The number of hydrogen-bond donors (Lipinski definition) is 1. The van der Waals surface area contributed by atoms with Gasteiger partial charge in [-0.25, -0.2) is 0 Å². The lowest BCUT2D eigenvalue weighted by Gasteiger charge is -2.30. The number of nitrogens with one attached hydrogen (secondary N) is 1. The number of hydrogen-bond acceptors (Lipinski definition) is 2. The third kappa shape index (κ3) is 2.18. The zero-order valence-corrected chi connectivity index (χ0v) is 11.9. The van der Waals surface area contributed by atoms with Crippen molar-refractivity contribution in [3.8, 4) is 0 Å². The van der Waals surface area contributed by atoms with Gasteiger partial charge in [-0.3, -0.25) is 0 Å². The van der Waals surface area contributed by atoms with Crippen LogP contribution in [0.5, 0.6) is 0 Å². The minimum atomic E-state index is 0.683. The zero-order chi connectivity index (χ0) is 13.5. The molecule has 2 aliphatic carbocycles. The van der Waals surface area contributed by atoms with E-state index >= 15 is 0 Å². The van der Waals surface area contributed by atoms with Gasteiger partial charge in [0, 0.05) is 18.4 Å². The third-order valence-electron chi connectivity index (χ3n) is 4.81. The van der Waals surface area contributed by atoms with E-state index in [1.54, 1.807) is 0 Å². The molecule has 4 rings (SSSR count). The Morgan fingerprint density at radius 3 is 2.85 bits per heavy atom. The number of furan rings is 1. The molecule has 3 unspecified atom stereocenters. The fraction of sp³-hybridized carbons (Fsp3) is 0.444. The maximum Gasteiger partial charge on any atom is 0.117 e. The Balaban J connectivity index is 1.28. The van der Waals surface area contributed by atoms with E-state index in [0.29, 0.717) is 11.8 Å². The average molecular weight is 267 g/mol. The second-order valence-electron chi connectivity index (χ2n) is 6.35. The minimum absolute atomic E-state index is 0.683. The van der Waals surface area contributed by atoms with Crippen LogP contribution < -0.4 is 5.32 Å². The molecule has 2 aromatic rings. The van der Waals surface area contributed by atoms with Gasteiger partial charge in [-0.05, 0) is 42.0 Å². The van der Waals surface area contributed by atoms with E-state index in [9.17, 15) is 0 Å². The van der Waals surface area contributed by atoms with Crippen molar-refractivity contribution in [2.45, 2.75) is 38.1 Å². The highest BCUT2D eigenvalue weighted by Gasteiger charge is 2.36. The first-order valence-electron chi connectivity index (χ1n) is 7.68. The lowest BCUT2D eigenvalue weighted by Crippen LogP contribution is -2.28. The zero-order valence-electron chi connectivity index (χ0n) is 11.9. The highest BCUT2D eigenvalue weighted by atomic mass is 16.3. The molecule has 0 saturated heterocycles. The first kappa shape index (κ1) is 12.2. The average Bonchev–Trinajstić information content (AvgIpc) is 2.98. The van der Waals surface area contributed by atoms with E-state index in [2.05, 4.69) is 48.6 Å². The van der Waals surface area contributed by atoms with Gasteiger partial charge in [0.25, 0.3) is 0 Å². The van der Waals surface area contributed by atoms with Gasteiger partial charge in [-0.15, -0.1) is 0 Å². The fourth-order valence-electron chi connectivity index (χ4n) is 3.32. The molecule has 104 valence electrons. The Hall–Kier alpha value is -1.54. The molecule has 0 aliphatic heterocycles. The largest absolute Gasteiger partial charge is 0.464 e. The smallest absolute Gasteiger partial charge is 0.117 e. The van der Waals surface area contributed by atoms with Crippen LogP contribution in [0.1, 0.15) is 47.8 Å². The summed E-state index contributed by atoms with van der Waals surface area (Å²) in [4.78, 5) is 0. The highest BCUT2D eigenvalue weighted by molar-refractivity contribution is 5.40. The highest BCUT2D eigenvalue weighted by Crippen LogP contribution is 2.47. The van der Waals surface area contributed by atoms with Crippen molar-refractivity contribution < 1.29 is 4.42 Å². The third-order valence-corrected chi connectivity index (χ3v) is 4.81. The van der Waals surface area contributed by atoms with Crippen molar-refractivity contribution in [2.24, 2.45) is 5.92 Å².